The molecule has 3 rings (SSSR count). The molecule has 2 saturated carbocycles. The fourth-order valence-electron chi connectivity index (χ4n) is 3.67. The summed E-state index contributed by atoms with van der Waals surface area (Å²) in [5, 5.41) is 5.93. The molecule has 0 aromatic heterocycles. The lowest BCUT2D eigenvalue weighted by Crippen LogP contribution is -2.36. The van der Waals surface area contributed by atoms with Gasteiger partial charge in [0.25, 0.3) is 5.91 Å². The average Bonchev–Trinajstić information content (AvgIpc) is 2.64. The Hall–Kier alpha value is -1.84. The average molecular weight is 344 g/mol. The lowest BCUT2D eigenvalue weighted by atomic mass is 9.95. The number of carbonyl (C=O) groups excluding carboxylic acids is 2. The number of rotatable bonds is 4. The number of aryl methyl sites for hydroxylation is 1. The maximum atomic E-state index is 12.0. The number of nitrogens with one attached hydrogen (secondary N) is 2. The zero-order chi connectivity index (χ0) is 17.9. The number of hydrogen-bond donors (Lipinski definition) is 2. The van der Waals surface area contributed by atoms with E-state index in [4.69, 9.17) is 0 Å². The highest BCUT2D eigenvalue weighted by Gasteiger charge is 2.16. The van der Waals surface area contributed by atoms with Crippen molar-refractivity contribution < 1.29 is 9.59 Å². The highest BCUT2D eigenvalue weighted by atomic mass is 16.1. The Kier molecular flexibility index (Phi) is 8.50. The molecule has 2 amide bonds. The highest BCUT2D eigenvalue weighted by Crippen LogP contribution is 2.18. The first-order chi connectivity index (χ1) is 12.2. The van der Waals surface area contributed by atoms with Crippen LogP contribution in [0.4, 0.5) is 0 Å². The van der Waals surface area contributed by atoms with Crippen molar-refractivity contribution in [1.29, 1.82) is 0 Å². The van der Waals surface area contributed by atoms with Gasteiger partial charge in [-0.05, 0) is 44.7 Å². The third-order valence-corrected chi connectivity index (χ3v) is 5.13. The van der Waals surface area contributed by atoms with Crippen molar-refractivity contribution in [2.75, 3.05) is 0 Å². The van der Waals surface area contributed by atoms with Crippen LogP contribution in [0, 0.1) is 6.92 Å². The summed E-state index contributed by atoms with van der Waals surface area (Å²) in [6.07, 6.45) is 13.2. The second-order valence-corrected chi connectivity index (χ2v) is 7.30. The Bertz CT molecular complexity index is 532. The van der Waals surface area contributed by atoms with Crippen LogP contribution in [0.25, 0.3) is 0 Å². The van der Waals surface area contributed by atoms with E-state index >= 15 is 0 Å². The topological polar surface area (TPSA) is 58.2 Å². The molecule has 2 aliphatic rings. The van der Waals surface area contributed by atoms with E-state index in [9.17, 15) is 9.59 Å². The molecule has 0 aliphatic heterocycles. The fourth-order valence-corrected chi connectivity index (χ4v) is 3.67. The van der Waals surface area contributed by atoms with Gasteiger partial charge in [0, 0.05) is 17.6 Å². The predicted octanol–water partition coefficient (Wildman–Crippen LogP) is 4.12. The summed E-state index contributed by atoms with van der Waals surface area (Å²) in [7, 11) is 0. The van der Waals surface area contributed by atoms with Crippen LogP contribution in [0.5, 0.6) is 0 Å². The Labute approximate surface area is 151 Å². The maximum Gasteiger partial charge on any atom is 0.251 e. The minimum absolute atomic E-state index is 0.0793. The third kappa shape index (κ3) is 7.29. The molecule has 138 valence electrons. The molecule has 25 heavy (non-hydrogen) atoms. The first-order valence-corrected chi connectivity index (χ1v) is 9.76. The lowest BCUT2D eigenvalue weighted by molar-refractivity contribution is -0.110. The summed E-state index contributed by atoms with van der Waals surface area (Å²) in [4.78, 5) is 21.9. The van der Waals surface area contributed by atoms with E-state index in [1.807, 2.05) is 31.2 Å². The molecule has 2 fully saturated rings. The molecule has 0 heterocycles. The summed E-state index contributed by atoms with van der Waals surface area (Å²) in [6, 6.07) is 8.64. The van der Waals surface area contributed by atoms with E-state index in [-0.39, 0.29) is 5.91 Å². The molecule has 4 heteroatoms. The lowest BCUT2D eigenvalue weighted by Gasteiger charge is -2.22. The number of hydrogen-bond acceptors (Lipinski definition) is 2. The SMILES string of the molecule is Cc1cccc(C(=O)NC2CCCCC2)c1.O=CNC1CCCCC1. The molecule has 0 bridgehead atoms. The van der Waals surface area contributed by atoms with Gasteiger partial charge in [0.05, 0.1) is 0 Å². The molecule has 1 aromatic carbocycles. The molecule has 0 unspecified atom stereocenters. The van der Waals surface area contributed by atoms with Crippen LogP contribution in [0.2, 0.25) is 0 Å². The normalized spacial score (nSPS) is 18.6. The van der Waals surface area contributed by atoms with Crippen molar-refractivity contribution in [3.63, 3.8) is 0 Å². The Balaban J connectivity index is 0.000000212. The zero-order valence-corrected chi connectivity index (χ0v) is 15.4. The van der Waals surface area contributed by atoms with E-state index in [0.29, 0.717) is 12.1 Å². The predicted molar refractivity (Wildman–Crippen MR) is 102 cm³/mol. The van der Waals surface area contributed by atoms with Crippen LogP contribution in [0.1, 0.15) is 80.1 Å². The second-order valence-electron chi connectivity index (χ2n) is 7.30. The van der Waals surface area contributed by atoms with Crippen molar-refractivity contribution >= 4 is 12.3 Å². The van der Waals surface area contributed by atoms with Crippen molar-refractivity contribution in [3.8, 4) is 0 Å². The molecule has 2 aliphatic carbocycles. The van der Waals surface area contributed by atoms with Gasteiger partial charge < -0.3 is 10.6 Å². The summed E-state index contributed by atoms with van der Waals surface area (Å²) < 4.78 is 0. The monoisotopic (exact) mass is 344 g/mol. The fraction of sp³-hybridized carbons (Fsp3) is 0.619. The first-order valence-electron chi connectivity index (χ1n) is 9.76. The maximum absolute atomic E-state index is 12.0. The number of carbonyl (C=O) groups is 2. The molecular formula is C21H32N2O2. The van der Waals surface area contributed by atoms with Crippen molar-refractivity contribution in [3.05, 3.63) is 35.4 Å². The van der Waals surface area contributed by atoms with Crippen LogP contribution >= 0.6 is 0 Å². The molecule has 1 aromatic rings. The van der Waals surface area contributed by atoms with Gasteiger partial charge in [0.1, 0.15) is 0 Å². The molecule has 0 atom stereocenters. The smallest absolute Gasteiger partial charge is 0.251 e. The van der Waals surface area contributed by atoms with Gasteiger partial charge in [0.2, 0.25) is 6.41 Å². The van der Waals surface area contributed by atoms with E-state index in [1.165, 1.54) is 51.4 Å². The molecule has 2 N–H and O–H groups in total. The number of amides is 2. The largest absolute Gasteiger partial charge is 0.356 e. The van der Waals surface area contributed by atoms with Gasteiger partial charge in [-0.3, -0.25) is 9.59 Å². The van der Waals surface area contributed by atoms with E-state index in [2.05, 4.69) is 10.6 Å². The van der Waals surface area contributed by atoms with Gasteiger partial charge in [-0.2, -0.15) is 0 Å². The minimum Gasteiger partial charge on any atom is -0.356 e. The van der Waals surface area contributed by atoms with Crippen LogP contribution in [-0.2, 0) is 4.79 Å². The van der Waals surface area contributed by atoms with Crippen LogP contribution < -0.4 is 10.6 Å². The van der Waals surface area contributed by atoms with Crippen LogP contribution in [-0.4, -0.2) is 24.4 Å². The van der Waals surface area contributed by atoms with Gasteiger partial charge in [-0.15, -0.1) is 0 Å². The van der Waals surface area contributed by atoms with E-state index in [1.54, 1.807) is 0 Å². The third-order valence-electron chi connectivity index (χ3n) is 5.13. The zero-order valence-electron chi connectivity index (χ0n) is 15.4. The number of benzene rings is 1. The van der Waals surface area contributed by atoms with Gasteiger partial charge in [-0.25, -0.2) is 0 Å². The summed E-state index contributed by atoms with van der Waals surface area (Å²) in [5.41, 5.74) is 1.92. The van der Waals surface area contributed by atoms with Crippen molar-refractivity contribution in [1.82, 2.24) is 10.6 Å². The highest BCUT2D eigenvalue weighted by molar-refractivity contribution is 5.94. The van der Waals surface area contributed by atoms with Gasteiger partial charge >= 0.3 is 0 Å². The van der Waals surface area contributed by atoms with Gasteiger partial charge in [0.15, 0.2) is 0 Å². The Morgan fingerprint density at radius 3 is 2.12 bits per heavy atom. The van der Waals surface area contributed by atoms with Crippen LogP contribution in [0.15, 0.2) is 24.3 Å². The molecule has 0 saturated heterocycles. The summed E-state index contributed by atoms with van der Waals surface area (Å²) in [5.74, 6) is 0.0793. The molecule has 4 nitrogen and oxygen atoms in total. The van der Waals surface area contributed by atoms with E-state index < -0.39 is 0 Å². The van der Waals surface area contributed by atoms with E-state index in [0.717, 1.165) is 30.4 Å². The van der Waals surface area contributed by atoms with Crippen molar-refractivity contribution in [2.24, 2.45) is 0 Å². The molecule has 0 radical (unpaired) electrons. The Morgan fingerprint density at radius 1 is 0.960 bits per heavy atom. The van der Waals surface area contributed by atoms with Crippen LogP contribution in [0.3, 0.4) is 0 Å². The summed E-state index contributed by atoms with van der Waals surface area (Å²) in [6.45, 7) is 2.01. The minimum atomic E-state index is 0.0793. The van der Waals surface area contributed by atoms with Crippen molar-refractivity contribution in [2.45, 2.75) is 83.2 Å². The second kappa shape index (κ2) is 10.9. The van der Waals surface area contributed by atoms with Gasteiger partial charge in [-0.1, -0.05) is 56.2 Å². The standard InChI is InChI=1S/C14H19NO.C7H13NO/c1-11-6-5-7-12(10-11)14(16)15-13-8-3-2-4-9-13;9-6-8-7-4-2-1-3-5-7/h5-7,10,13H,2-4,8-9H2,1H3,(H,15,16);6-7H,1-5H2,(H,8,9). The quantitative estimate of drug-likeness (QED) is 0.807. The molecular weight excluding hydrogens is 312 g/mol. The Morgan fingerprint density at radius 2 is 1.56 bits per heavy atom. The first kappa shape index (κ1) is 19.5. The summed E-state index contributed by atoms with van der Waals surface area (Å²) >= 11 is 0. The molecule has 0 spiro atoms.